The van der Waals surface area contributed by atoms with E-state index in [1.807, 2.05) is 6.92 Å². The van der Waals surface area contributed by atoms with E-state index in [2.05, 4.69) is 9.88 Å². The minimum atomic E-state index is -0.399. The first-order valence-corrected chi connectivity index (χ1v) is 8.16. The summed E-state index contributed by atoms with van der Waals surface area (Å²) in [6, 6.07) is 4.61. The molecule has 0 amide bonds. The number of ether oxygens (including phenoxy) is 2. The van der Waals surface area contributed by atoms with E-state index in [0.717, 1.165) is 43.9 Å². The molecule has 3 rings (SSSR count). The van der Waals surface area contributed by atoms with Crippen molar-refractivity contribution in [3.63, 3.8) is 0 Å². The zero-order valence-electron chi connectivity index (χ0n) is 14.3. The van der Waals surface area contributed by atoms with Crippen molar-refractivity contribution in [1.29, 1.82) is 0 Å². The summed E-state index contributed by atoms with van der Waals surface area (Å²) < 4.78 is 29.8. The lowest BCUT2D eigenvalue weighted by Crippen LogP contribution is -2.38. The molecule has 24 heavy (non-hydrogen) atoms. The van der Waals surface area contributed by atoms with Gasteiger partial charge in [-0.3, -0.25) is 4.90 Å². The number of benzene rings is 1. The molecule has 0 N–H and O–H groups in total. The highest BCUT2D eigenvalue weighted by Crippen LogP contribution is 2.28. The Bertz CT molecular complexity index is 702. The molecule has 1 aliphatic rings. The van der Waals surface area contributed by atoms with Gasteiger partial charge >= 0.3 is 0 Å². The largest absolute Gasteiger partial charge is 0.494 e. The lowest BCUT2D eigenvalue weighted by Gasteiger charge is -2.31. The number of oxazole rings is 1. The molecule has 1 atom stereocenters. The molecule has 5 nitrogen and oxygen atoms in total. The van der Waals surface area contributed by atoms with Crippen molar-refractivity contribution < 1.29 is 18.3 Å². The molecule has 1 aliphatic heterocycles. The Morgan fingerprint density at radius 3 is 2.96 bits per heavy atom. The maximum atomic E-state index is 13.6. The molecule has 0 saturated carbocycles. The molecule has 0 spiro atoms. The van der Waals surface area contributed by atoms with E-state index >= 15 is 0 Å². The minimum absolute atomic E-state index is 0.184. The van der Waals surface area contributed by atoms with Gasteiger partial charge < -0.3 is 13.9 Å². The van der Waals surface area contributed by atoms with E-state index in [0.29, 0.717) is 11.5 Å². The van der Waals surface area contributed by atoms with Crippen LogP contribution in [-0.4, -0.2) is 43.3 Å². The van der Waals surface area contributed by atoms with Crippen LogP contribution in [0.2, 0.25) is 0 Å². The molecule has 6 heteroatoms. The highest BCUT2D eigenvalue weighted by Gasteiger charge is 2.22. The summed E-state index contributed by atoms with van der Waals surface area (Å²) in [4.78, 5) is 6.93. The zero-order chi connectivity index (χ0) is 17.1. The van der Waals surface area contributed by atoms with Crippen molar-refractivity contribution in [2.45, 2.75) is 32.4 Å². The lowest BCUT2D eigenvalue weighted by molar-refractivity contribution is 0.0280. The Kier molecular flexibility index (Phi) is 5.16. The molecule has 2 aromatic rings. The number of piperidine rings is 1. The molecule has 1 saturated heterocycles. The second kappa shape index (κ2) is 7.32. The van der Waals surface area contributed by atoms with Crippen LogP contribution in [0, 0.1) is 12.7 Å². The molecular formula is C18H23FN2O3. The van der Waals surface area contributed by atoms with E-state index < -0.39 is 5.82 Å². The smallest absolute Gasteiger partial charge is 0.226 e. The maximum absolute atomic E-state index is 13.6. The predicted molar refractivity (Wildman–Crippen MR) is 88.5 cm³/mol. The van der Waals surface area contributed by atoms with Gasteiger partial charge in [0.05, 0.1) is 18.9 Å². The molecule has 0 unspecified atom stereocenters. The van der Waals surface area contributed by atoms with Crippen LogP contribution in [0.1, 0.15) is 24.3 Å². The second-order valence-electron chi connectivity index (χ2n) is 6.11. The fourth-order valence-corrected chi connectivity index (χ4v) is 3.05. The number of methoxy groups -OCH3 is 2. The fourth-order valence-electron chi connectivity index (χ4n) is 3.05. The summed E-state index contributed by atoms with van der Waals surface area (Å²) in [6.07, 6.45) is 2.51. The molecule has 1 fully saturated rings. The normalized spacial score (nSPS) is 18.8. The Morgan fingerprint density at radius 1 is 1.38 bits per heavy atom. The third-order valence-corrected chi connectivity index (χ3v) is 4.46. The topological polar surface area (TPSA) is 47.7 Å². The van der Waals surface area contributed by atoms with E-state index in [4.69, 9.17) is 13.9 Å². The summed E-state index contributed by atoms with van der Waals surface area (Å²) in [5.41, 5.74) is 1.61. The molecule has 0 aliphatic carbocycles. The van der Waals surface area contributed by atoms with E-state index in [1.165, 1.54) is 13.2 Å². The summed E-state index contributed by atoms with van der Waals surface area (Å²) in [5.74, 6) is 1.06. The van der Waals surface area contributed by atoms with Gasteiger partial charge in [0.15, 0.2) is 11.6 Å². The lowest BCUT2D eigenvalue weighted by atomic mass is 10.1. The van der Waals surface area contributed by atoms with Crippen LogP contribution in [0.4, 0.5) is 4.39 Å². The number of likely N-dealkylation sites (tertiary alicyclic amines) is 1. The van der Waals surface area contributed by atoms with Crippen LogP contribution in [0.3, 0.4) is 0 Å². The number of rotatable bonds is 5. The number of hydrogen-bond acceptors (Lipinski definition) is 5. The van der Waals surface area contributed by atoms with Crippen LogP contribution >= 0.6 is 0 Å². The Labute approximate surface area is 141 Å². The van der Waals surface area contributed by atoms with Crippen molar-refractivity contribution in [3.8, 4) is 17.2 Å². The monoisotopic (exact) mass is 334 g/mol. The van der Waals surface area contributed by atoms with Crippen molar-refractivity contribution >= 4 is 0 Å². The van der Waals surface area contributed by atoms with Gasteiger partial charge in [-0.05, 0) is 44.5 Å². The SMILES string of the molecule is COc1cc(-c2nc(CN3CCC[C@@H](OC)C3)c(C)o2)ccc1F. The summed E-state index contributed by atoms with van der Waals surface area (Å²) in [5, 5.41) is 0. The first kappa shape index (κ1) is 16.9. The third-order valence-electron chi connectivity index (χ3n) is 4.46. The minimum Gasteiger partial charge on any atom is -0.494 e. The molecule has 1 aromatic heterocycles. The first-order valence-electron chi connectivity index (χ1n) is 8.16. The number of aryl methyl sites for hydroxylation is 1. The Balaban J connectivity index is 1.77. The third kappa shape index (κ3) is 3.60. The molecule has 130 valence electrons. The van der Waals surface area contributed by atoms with Gasteiger partial charge in [0.2, 0.25) is 5.89 Å². The van der Waals surface area contributed by atoms with E-state index in [1.54, 1.807) is 19.2 Å². The number of halogens is 1. The number of nitrogens with zero attached hydrogens (tertiary/aromatic N) is 2. The maximum Gasteiger partial charge on any atom is 0.226 e. The molecule has 1 aromatic carbocycles. The summed E-state index contributed by atoms with van der Waals surface area (Å²) in [6.45, 7) is 4.58. The fraction of sp³-hybridized carbons (Fsp3) is 0.500. The average Bonchev–Trinajstić information content (AvgIpc) is 2.96. The van der Waals surface area contributed by atoms with Crippen LogP contribution < -0.4 is 4.74 Å². The van der Waals surface area contributed by atoms with Crippen LogP contribution in [0.5, 0.6) is 5.75 Å². The van der Waals surface area contributed by atoms with Gasteiger partial charge in [-0.1, -0.05) is 0 Å². The van der Waals surface area contributed by atoms with Gasteiger partial charge in [0.1, 0.15) is 5.76 Å². The van der Waals surface area contributed by atoms with Gasteiger partial charge in [0.25, 0.3) is 0 Å². The average molecular weight is 334 g/mol. The van der Waals surface area contributed by atoms with Crippen molar-refractivity contribution in [1.82, 2.24) is 9.88 Å². The Morgan fingerprint density at radius 2 is 2.21 bits per heavy atom. The highest BCUT2D eigenvalue weighted by molar-refractivity contribution is 5.56. The van der Waals surface area contributed by atoms with E-state index in [9.17, 15) is 4.39 Å². The summed E-state index contributed by atoms with van der Waals surface area (Å²) >= 11 is 0. The van der Waals surface area contributed by atoms with Gasteiger partial charge in [-0.2, -0.15) is 0 Å². The first-order chi connectivity index (χ1) is 11.6. The van der Waals surface area contributed by atoms with Crippen LogP contribution in [-0.2, 0) is 11.3 Å². The quantitative estimate of drug-likeness (QED) is 0.838. The molecular weight excluding hydrogens is 311 g/mol. The van der Waals surface area contributed by atoms with Gasteiger partial charge in [-0.25, -0.2) is 9.37 Å². The van der Waals surface area contributed by atoms with Gasteiger partial charge in [0, 0.05) is 25.8 Å². The standard InChI is InChI=1S/C18H23FN2O3/c1-12-16(11-21-8-4-5-14(10-21)22-2)20-18(24-12)13-6-7-15(19)17(9-13)23-3/h6-7,9,14H,4-5,8,10-11H2,1-3H3/t14-/m1/s1. The van der Waals surface area contributed by atoms with Crippen LogP contribution in [0.15, 0.2) is 22.6 Å². The van der Waals surface area contributed by atoms with Crippen molar-refractivity contribution in [2.75, 3.05) is 27.3 Å². The predicted octanol–water partition coefficient (Wildman–Crippen LogP) is 3.41. The molecule has 0 radical (unpaired) electrons. The van der Waals surface area contributed by atoms with Crippen LogP contribution in [0.25, 0.3) is 11.5 Å². The van der Waals surface area contributed by atoms with E-state index in [-0.39, 0.29) is 11.9 Å². The molecule has 0 bridgehead atoms. The summed E-state index contributed by atoms with van der Waals surface area (Å²) in [7, 11) is 3.20. The highest BCUT2D eigenvalue weighted by atomic mass is 19.1. The van der Waals surface area contributed by atoms with Crippen molar-refractivity contribution in [3.05, 3.63) is 35.5 Å². The number of aromatic nitrogens is 1. The molecule has 2 heterocycles. The number of hydrogen-bond donors (Lipinski definition) is 0. The van der Waals surface area contributed by atoms with Gasteiger partial charge in [-0.15, -0.1) is 0 Å². The Hall–Kier alpha value is -1.92. The van der Waals surface area contributed by atoms with Crippen molar-refractivity contribution in [2.24, 2.45) is 0 Å². The zero-order valence-corrected chi connectivity index (χ0v) is 14.3. The second-order valence-corrected chi connectivity index (χ2v) is 6.11.